The summed E-state index contributed by atoms with van der Waals surface area (Å²) in [6.45, 7) is 8.06. The molecule has 1 atom stereocenters. The number of carbonyl (C=O) groups excluding carboxylic acids is 3. The van der Waals surface area contributed by atoms with Gasteiger partial charge in [-0.2, -0.15) is 0 Å². The molecule has 0 aromatic heterocycles. The second kappa shape index (κ2) is 17.4. The van der Waals surface area contributed by atoms with E-state index >= 15 is 0 Å². The van der Waals surface area contributed by atoms with E-state index < -0.39 is 33.9 Å². The van der Waals surface area contributed by atoms with Gasteiger partial charge in [0, 0.05) is 18.5 Å². The average Bonchev–Trinajstić information content (AvgIpc) is 2.95. The fourth-order valence-corrected chi connectivity index (χ4v) is 5.77. The minimum atomic E-state index is -3.83. The van der Waals surface area contributed by atoms with E-state index in [1.807, 2.05) is 6.92 Å². The summed E-state index contributed by atoms with van der Waals surface area (Å²) >= 11 is 0. The topological polar surface area (TPSA) is 119 Å². The number of esters is 2. The van der Waals surface area contributed by atoms with Crippen LogP contribution in [-0.2, 0) is 29.1 Å². The summed E-state index contributed by atoms with van der Waals surface area (Å²) < 4.78 is 38.6. The molecule has 0 aliphatic rings. The van der Waals surface area contributed by atoms with Crippen LogP contribution in [0.2, 0.25) is 0 Å². The van der Waals surface area contributed by atoms with Crippen molar-refractivity contribution in [1.29, 1.82) is 0 Å². The number of hydrogen-bond donors (Lipinski definition) is 1. The number of nitrogens with zero attached hydrogens (tertiary/aromatic N) is 1. The zero-order valence-corrected chi connectivity index (χ0v) is 25.5. The number of rotatable bonds is 18. The molecule has 1 N–H and O–H groups in total. The second-order valence-electron chi connectivity index (χ2n) is 9.83. The van der Waals surface area contributed by atoms with E-state index in [0.29, 0.717) is 18.7 Å². The maximum absolute atomic E-state index is 13.6. The molecule has 0 aliphatic carbocycles. The highest BCUT2D eigenvalue weighted by atomic mass is 32.2. The number of nitrogens with one attached hydrogen (secondary N) is 1. The first kappa shape index (κ1) is 33.8. The van der Waals surface area contributed by atoms with Crippen molar-refractivity contribution in [2.45, 2.75) is 90.0 Å². The van der Waals surface area contributed by atoms with Crippen molar-refractivity contribution in [3.8, 4) is 0 Å². The molecule has 226 valence electrons. The highest BCUT2D eigenvalue weighted by molar-refractivity contribution is 7.92. The average molecular weight is 589 g/mol. The predicted molar refractivity (Wildman–Crippen MR) is 159 cm³/mol. The summed E-state index contributed by atoms with van der Waals surface area (Å²) in [6.07, 6.45) is 6.07. The quantitative estimate of drug-likeness (QED) is 0.179. The van der Waals surface area contributed by atoms with Crippen molar-refractivity contribution in [1.82, 2.24) is 5.32 Å². The Bertz CT molecular complexity index is 1210. The first-order chi connectivity index (χ1) is 19.6. The van der Waals surface area contributed by atoms with Crippen LogP contribution in [0.25, 0.3) is 0 Å². The summed E-state index contributed by atoms with van der Waals surface area (Å²) in [7, 11) is -3.83. The number of benzene rings is 2. The smallest absolute Gasteiger partial charge is 0.328 e. The molecule has 2 rings (SSSR count). The molecule has 0 radical (unpaired) electrons. The molecule has 0 fully saturated rings. The van der Waals surface area contributed by atoms with Gasteiger partial charge in [-0.25, -0.2) is 13.2 Å². The molecule has 1 amide bonds. The van der Waals surface area contributed by atoms with Crippen molar-refractivity contribution < 1.29 is 32.3 Å². The molecule has 2 aromatic carbocycles. The number of carbonyl (C=O) groups is 3. The van der Waals surface area contributed by atoms with Gasteiger partial charge in [-0.3, -0.25) is 13.9 Å². The molecule has 41 heavy (non-hydrogen) atoms. The van der Waals surface area contributed by atoms with Gasteiger partial charge in [0.05, 0.1) is 23.8 Å². The highest BCUT2D eigenvalue weighted by Gasteiger charge is 2.26. The Morgan fingerprint density at radius 3 is 2.05 bits per heavy atom. The maximum Gasteiger partial charge on any atom is 0.328 e. The fraction of sp³-hybridized carbons (Fsp3) is 0.516. The second-order valence-corrected chi connectivity index (χ2v) is 11.7. The number of sulfonamides is 1. The van der Waals surface area contributed by atoms with E-state index in [9.17, 15) is 22.8 Å². The number of hydrogen-bond acceptors (Lipinski definition) is 7. The van der Waals surface area contributed by atoms with Crippen LogP contribution in [0.4, 0.5) is 5.69 Å². The molecule has 10 heteroatoms. The van der Waals surface area contributed by atoms with E-state index in [1.54, 1.807) is 50.2 Å². The van der Waals surface area contributed by atoms with Crippen LogP contribution >= 0.6 is 0 Å². The van der Waals surface area contributed by atoms with E-state index in [0.717, 1.165) is 37.7 Å². The van der Waals surface area contributed by atoms with Crippen molar-refractivity contribution >= 4 is 33.6 Å². The van der Waals surface area contributed by atoms with Crippen LogP contribution in [-0.4, -0.2) is 52.1 Å². The molecule has 0 bridgehead atoms. The van der Waals surface area contributed by atoms with Crippen LogP contribution in [0.1, 0.15) is 88.1 Å². The highest BCUT2D eigenvalue weighted by Crippen LogP contribution is 2.25. The minimum Gasteiger partial charge on any atom is -0.466 e. The Balaban J connectivity index is 2.22. The van der Waals surface area contributed by atoms with Crippen LogP contribution in [0, 0.1) is 6.92 Å². The Kier molecular flexibility index (Phi) is 14.4. The Labute approximate surface area is 244 Å². The lowest BCUT2D eigenvalue weighted by molar-refractivity contribution is -0.146. The van der Waals surface area contributed by atoms with Crippen molar-refractivity contribution in [2.75, 3.05) is 24.1 Å². The lowest BCUT2D eigenvalue weighted by atomic mass is 10.1. The lowest BCUT2D eigenvalue weighted by Gasteiger charge is -2.25. The van der Waals surface area contributed by atoms with E-state index in [1.165, 1.54) is 16.4 Å². The Hall–Kier alpha value is -3.40. The molecule has 2 aromatic rings. The minimum absolute atomic E-state index is 0.0301. The molecular weight excluding hydrogens is 544 g/mol. The summed E-state index contributed by atoms with van der Waals surface area (Å²) in [5, 5.41) is 2.63. The van der Waals surface area contributed by atoms with Crippen molar-refractivity contribution in [2.24, 2.45) is 0 Å². The Morgan fingerprint density at radius 2 is 1.44 bits per heavy atom. The first-order valence-corrected chi connectivity index (χ1v) is 15.9. The molecule has 0 aliphatic heterocycles. The zero-order chi connectivity index (χ0) is 30.3. The third kappa shape index (κ3) is 10.8. The monoisotopic (exact) mass is 588 g/mol. The van der Waals surface area contributed by atoms with Gasteiger partial charge in [-0.1, -0.05) is 56.7 Å². The van der Waals surface area contributed by atoms with Gasteiger partial charge < -0.3 is 14.8 Å². The molecule has 1 unspecified atom stereocenters. The van der Waals surface area contributed by atoms with Gasteiger partial charge in [-0.15, -0.1) is 0 Å². The van der Waals surface area contributed by atoms with Gasteiger partial charge >= 0.3 is 11.9 Å². The summed E-state index contributed by atoms with van der Waals surface area (Å²) in [5.41, 5.74) is 1.65. The fourth-order valence-electron chi connectivity index (χ4n) is 4.27. The lowest BCUT2D eigenvalue weighted by Crippen LogP contribution is -2.42. The normalized spacial score (nSPS) is 11.9. The van der Waals surface area contributed by atoms with Crippen LogP contribution in [0.5, 0.6) is 0 Å². The largest absolute Gasteiger partial charge is 0.466 e. The van der Waals surface area contributed by atoms with E-state index in [-0.39, 0.29) is 36.5 Å². The van der Waals surface area contributed by atoms with Gasteiger partial charge in [0.15, 0.2) is 0 Å². The number of aryl methyl sites for hydroxylation is 1. The predicted octanol–water partition coefficient (Wildman–Crippen LogP) is 5.56. The summed E-state index contributed by atoms with van der Waals surface area (Å²) in [5.74, 6) is -1.65. The molecule has 0 spiro atoms. The third-order valence-corrected chi connectivity index (χ3v) is 8.40. The molecule has 0 saturated carbocycles. The SMILES string of the molecule is CCCCCCCCN(c1ccc(C(=O)NC(CCC(=O)OCC)C(=O)OCC)cc1)S(=O)(=O)c1ccc(C)cc1. The molecule has 0 heterocycles. The zero-order valence-electron chi connectivity index (χ0n) is 24.7. The number of amides is 1. The van der Waals surface area contributed by atoms with E-state index in [4.69, 9.17) is 9.47 Å². The van der Waals surface area contributed by atoms with Crippen LogP contribution in [0.15, 0.2) is 53.4 Å². The van der Waals surface area contributed by atoms with E-state index in [2.05, 4.69) is 12.2 Å². The van der Waals surface area contributed by atoms with Crippen molar-refractivity contribution in [3.63, 3.8) is 0 Å². The number of ether oxygens (including phenoxy) is 2. The van der Waals surface area contributed by atoms with Gasteiger partial charge in [0.2, 0.25) is 0 Å². The Morgan fingerprint density at radius 1 is 0.829 bits per heavy atom. The molecule has 9 nitrogen and oxygen atoms in total. The summed E-state index contributed by atoms with van der Waals surface area (Å²) in [4.78, 5) is 37.4. The third-order valence-electron chi connectivity index (χ3n) is 6.56. The standard InChI is InChI=1S/C31H44N2O7S/c1-5-8-9-10-11-12-23-33(41(37,38)27-19-13-24(4)14-20-27)26-17-15-25(16-18-26)30(35)32-28(31(36)40-7-3)21-22-29(34)39-6-2/h13-20,28H,5-12,21-23H2,1-4H3,(H,32,35). The number of anilines is 1. The van der Waals surface area contributed by atoms with Gasteiger partial charge in [0.25, 0.3) is 15.9 Å². The van der Waals surface area contributed by atoms with Crippen molar-refractivity contribution in [3.05, 3.63) is 59.7 Å². The maximum atomic E-state index is 13.6. The summed E-state index contributed by atoms with van der Waals surface area (Å²) in [6, 6.07) is 12.0. The molecule has 0 saturated heterocycles. The molecular formula is C31H44N2O7S. The van der Waals surface area contributed by atoms with Crippen LogP contribution < -0.4 is 9.62 Å². The number of unbranched alkanes of at least 4 members (excludes halogenated alkanes) is 5. The van der Waals surface area contributed by atoms with Gasteiger partial charge in [0.1, 0.15) is 6.04 Å². The van der Waals surface area contributed by atoms with Crippen LogP contribution in [0.3, 0.4) is 0 Å². The van der Waals surface area contributed by atoms with Gasteiger partial charge in [-0.05, 0) is 70.0 Å². The first-order valence-electron chi connectivity index (χ1n) is 14.5.